The largest absolute Gasteiger partial charge is 0.282 e. The molecule has 0 atom stereocenters. The summed E-state index contributed by atoms with van der Waals surface area (Å²) in [4.78, 5) is 12.1. The van der Waals surface area contributed by atoms with Gasteiger partial charge in [0, 0.05) is 4.75 Å². The second-order valence-corrected chi connectivity index (χ2v) is 7.87. The first-order valence-electron chi connectivity index (χ1n) is 8.48. The first-order valence-corrected chi connectivity index (χ1v) is 9.30. The summed E-state index contributed by atoms with van der Waals surface area (Å²) in [5.74, 6) is 0. The van der Waals surface area contributed by atoms with Crippen molar-refractivity contribution in [1.29, 1.82) is 0 Å². The molecule has 0 bridgehead atoms. The summed E-state index contributed by atoms with van der Waals surface area (Å²) in [5, 5.41) is 0.223. The molecule has 0 saturated heterocycles. The summed E-state index contributed by atoms with van der Waals surface area (Å²) in [7, 11) is 0. The van der Waals surface area contributed by atoms with Gasteiger partial charge < -0.3 is 0 Å². The van der Waals surface area contributed by atoms with Crippen molar-refractivity contribution < 1.29 is 4.79 Å². The maximum atomic E-state index is 12.1. The Morgan fingerprint density at radius 1 is 1.05 bits per heavy atom. The van der Waals surface area contributed by atoms with Crippen molar-refractivity contribution in [2.75, 3.05) is 0 Å². The van der Waals surface area contributed by atoms with Crippen molar-refractivity contribution in [1.82, 2.24) is 0 Å². The molecule has 20 heavy (non-hydrogen) atoms. The van der Waals surface area contributed by atoms with Crippen molar-refractivity contribution in [3.8, 4) is 0 Å². The Hall–Kier alpha value is -0.240. The summed E-state index contributed by atoms with van der Waals surface area (Å²) in [6, 6.07) is 0. The fourth-order valence-electron chi connectivity index (χ4n) is 3.11. The van der Waals surface area contributed by atoms with Crippen LogP contribution in [-0.4, -0.2) is 9.86 Å². The minimum atomic E-state index is 0.221. The molecule has 1 aliphatic carbocycles. The van der Waals surface area contributed by atoms with Crippen LogP contribution in [0.4, 0.5) is 0 Å². The molecule has 0 aromatic heterocycles. The van der Waals surface area contributed by atoms with Crippen LogP contribution in [0.1, 0.15) is 90.9 Å². The SMILES string of the molecule is C=C(C)C(=O)SC1(CCCCCCC)CCCCCC1. The van der Waals surface area contributed by atoms with Gasteiger partial charge in [-0.15, -0.1) is 0 Å². The topological polar surface area (TPSA) is 17.1 Å². The number of hydrogen-bond acceptors (Lipinski definition) is 2. The van der Waals surface area contributed by atoms with E-state index in [1.807, 2.05) is 6.92 Å². The third-order valence-electron chi connectivity index (χ3n) is 4.41. The number of hydrogen-bond donors (Lipinski definition) is 0. The molecule has 0 aliphatic heterocycles. The molecular weight excluding hydrogens is 264 g/mol. The molecule has 0 N–H and O–H groups in total. The van der Waals surface area contributed by atoms with E-state index in [1.165, 1.54) is 77.0 Å². The number of rotatable bonds is 8. The highest BCUT2D eigenvalue weighted by atomic mass is 32.2. The lowest BCUT2D eigenvalue weighted by Gasteiger charge is -2.31. The molecule has 0 radical (unpaired) electrons. The zero-order chi connectivity index (χ0) is 14.8. The van der Waals surface area contributed by atoms with E-state index in [2.05, 4.69) is 13.5 Å². The minimum absolute atomic E-state index is 0.221. The molecule has 0 aromatic rings. The van der Waals surface area contributed by atoms with Crippen molar-refractivity contribution in [2.45, 2.75) is 95.6 Å². The maximum Gasteiger partial charge on any atom is 0.214 e. The van der Waals surface area contributed by atoms with E-state index in [0.29, 0.717) is 5.57 Å². The van der Waals surface area contributed by atoms with Gasteiger partial charge in [0.05, 0.1) is 0 Å². The Balaban J connectivity index is 2.53. The van der Waals surface area contributed by atoms with Crippen LogP contribution in [0.5, 0.6) is 0 Å². The Bertz CT molecular complexity index is 301. The average molecular weight is 297 g/mol. The molecule has 0 spiro atoms. The van der Waals surface area contributed by atoms with E-state index < -0.39 is 0 Å². The lowest BCUT2D eigenvalue weighted by atomic mass is 9.92. The molecule has 0 aromatic carbocycles. The van der Waals surface area contributed by atoms with Crippen LogP contribution in [0, 0.1) is 0 Å². The molecule has 0 heterocycles. The Morgan fingerprint density at radius 2 is 1.65 bits per heavy atom. The molecule has 1 fully saturated rings. The van der Waals surface area contributed by atoms with Gasteiger partial charge in [-0.3, -0.25) is 4.79 Å². The van der Waals surface area contributed by atoms with E-state index in [9.17, 15) is 4.79 Å². The van der Waals surface area contributed by atoms with Crippen LogP contribution < -0.4 is 0 Å². The van der Waals surface area contributed by atoms with Crippen molar-refractivity contribution in [3.05, 3.63) is 12.2 Å². The van der Waals surface area contributed by atoms with Crippen molar-refractivity contribution in [3.63, 3.8) is 0 Å². The maximum absolute atomic E-state index is 12.1. The summed E-state index contributed by atoms with van der Waals surface area (Å²) < 4.78 is 0.221. The van der Waals surface area contributed by atoms with E-state index >= 15 is 0 Å². The lowest BCUT2D eigenvalue weighted by molar-refractivity contribution is -0.107. The van der Waals surface area contributed by atoms with E-state index in [-0.39, 0.29) is 9.86 Å². The van der Waals surface area contributed by atoms with Gasteiger partial charge in [0.15, 0.2) is 0 Å². The number of thioether (sulfide) groups is 1. The van der Waals surface area contributed by atoms with Crippen molar-refractivity contribution in [2.24, 2.45) is 0 Å². The van der Waals surface area contributed by atoms with Gasteiger partial charge in [-0.2, -0.15) is 0 Å². The second-order valence-electron chi connectivity index (χ2n) is 6.43. The zero-order valence-corrected chi connectivity index (χ0v) is 14.3. The predicted molar refractivity (Wildman–Crippen MR) is 91.2 cm³/mol. The molecule has 1 aliphatic rings. The highest BCUT2D eigenvalue weighted by molar-refractivity contribution is 8.15. The van der Waals surface area contributed by atoms with Gasteiger partial charge in [-0.25, -0.2) is 0 Å². The van der Waals surface area contributed by atoms with Gasteiger partial charge in [-0.05, 0) is 31.8 Å². The van der Waals surface area contributed by atoms with E-state index in [0.717, 1.165) is 0 Å². The average Bonchev–Trinajstić information content (AvgIpc) is 2.64. The predicted octanol–water partition coefficient (Wildman–Crippen LogP) is 6.28. The van der Waals surface area contributed by atoms with Crippen LogP contribution in [0.2, 0.25) is 0 Å². The van der Waals surface area contributed by atoms with Gasteiger partial charge in [0.1, 0.15) is 0 Å². The molecule has 0 amide bonds. The molecule has 0 unspecified atom stereocenters. The fourth-order valence-corrected chi connectivity index (χ4v) is 4.42. The number of unbranched alkanes of at least 4 members (excludes halogenated alkanes) is 4. The highest BCUT2D eigenvalue weighted by Crippen LogP contribution is 2.44. The molecular formula is C18H32OS. The zero-order valence-electron chi connectivity index (χ0n) is 13.5. The fraction of sp³-hybridized carbons (Fsp3) is 0.833. The molecule has 116 valence electrons. The van der Waals surface area contributed by atoms with Gasteiger partial charge >= 0.3 is 0 Å². The van der Waals surface area contributed by atoms with Gasteiger partial charge in [-0.1, -0.05) is 83.1 Å². The standard InChI is InChI=1S/C18H32OS/c1-4-5-6-7-10-13-18(20-17(19)16(2)3)14-11-8-9-12-15-18/h2,4-15H2,1,3H3. The van der Waals surface area contributed by atoms with Gasteiger partial charge in [0.25, 0.3) is 0 Å². The third kappa shape index (κ3) is 6.47. The molecule has 1 nitrogen and oxygen atoms in total. The van der Waals surface area contributed by atoms with Crippen LogP contribution in [0.3, 0.4) is 0 Å². The van der Waals surface area contributed by atoms with Crippen LogP contribution >= 0.6 is 11.8 Å². The van der Waals surface area contributed by atoms with E-state index in [1.54, 1.807) is 11.8 Å². The molecule has 2 heteroatoms. The Morgan fingerprint density at radius 3 is 2.20 bits per heavy atom. The normalized spacial score (nSPS) is 18.5. The number of carbonyl (C=O) groups excluding carboxylic acids is 1. The Labute approximate surface area is 130 Å². The molecule has 1 rings (SSSR count). The summed E-state index contributed by atoms with van der Waals surface area (Å²) in [6.07, 6.45) is 15.6. The highest BCUT2D eigenvalue weighted by Gasteiger charge is 2.33. The summed E-state index contributed by atoms with van der Waals surface area (Å²) in [6.45, 7) is 7.93. The summed E-state index contributed by atoms with van der Waals surface area (Å²) >= 11 is 1.61. The number of carbonyl (C=O) groups is 1. The molecule has 1 saturated carbocycles. The van der Waals surface area contributed by atoms with E-state index in [4.69, 9.17) is 0 Å². The minimum Gasteiger partial charge on any atom is -0.282 e. The van der Waals surface area contributed by atoms with Crippen LogP contribution in [0.15, 0.2) is 12.2 Å². The second kappa shape index (κ2) is 9.65. The summed E-state index contributed by atoms with van der Waals surface area (Å²) in [5.41, 5.74) is 0.713. The van der Waals surface area contributed by atoms with Crippen molar-refractivity contribution >= 4 is 16.9 Å². The monoisotopic (exact) mass is 296 g/mol. The first kappa shape index (κ1) is 17.8. The smallest absolute Gasteiger partial charge is 0.214 e. The third-order valence-corrected chi connectivity index (χ3v) is 5.99. The quantitative estimate of drug-likeness (QED) is 0.298. The Kier molecular flexibility index (Phi) is 8.60. The van der Waals surface area contributed by atoms with Crippen LogP contribution in [-0.2, 0) is 4.79 Å². The van der Waals surface area contributed by atoms with Gasteiger partial charge in [0.2, 0.25) is 5.12 Å². The van der Waals surface area contributed by atoms with Crippen LogP contribution in [0.25, 0.3) is 0 Å². The first-order chi connectivity index (χ1) is 9.59. The lowest BCUT2D eigenvalue weighted by Crippen LogP contribution is -2.26.